The van der Waals surface area contributed by atoms with Crippen LogP contribution in [-0.2, 0) is 0 Å². The van der Waals surface area contributed by atoms with E-state index in [4.69, 9.17) is 0 Å². The van der Waals surface area contributed by atoms with Gasteiger partial charge in [-0.1, -0.05) is 58.9 Å². The van der Waals surface area contributed by atoms with E-state index in [-0.39, 0.29) is 29.6 Å². The van der Waals surface area contributed by atoms with Crippen LogP contribution in [0.4, 0.5) is 4.79 Å². The Bertz CT molecular complexity index is 250. The maximum absolute atomic E-state index is 12.0. The number of carboxylic acid groups (broad SMARTS) is 1. The molecule has 7 heteroatoms. The predicted molar refractivity (Wildman–Crippen MR) is 81.2 cm³/mol. The second-order valence-electron chi connectivity index (χ2n) is 7.79. The molecule has 0 spiro atoms. The minimum Gasteiger partial charge on any atom is -0.556 e. The zero-order chi connectivity index (χ0) is 13.6. The van der Waals surface area contributed by atoms with Crippen LogP contribution in [0, 0.1) is 0 Å². The molecule has 0 aromatic carbocycles. The molecular weight excluding hydrogens is 287 g/mol. The molecule has 0 aliphatic rings. The summed E-state index contributed by atoms with van der Waals surface area (Å²) in [5.41, 5.74) is -0.620. The van der Waals surface area contributed by atoms with Crippen LogP contribution in [0.3, 0.4) is 0 Å². The van der Waals surface area contributed by atoms with Gasteiger partial charge in [-0.2, -0.15) is 0 Å². The molecule has 17 heavy (non-hydrogen) atoms. The third-order valence-electron chi connectivity index (χ3n) is 3.68. The van der Waals surface area contributed by atoms with Crippen LogP contribution < -0.4 is 34.7 Å². The van der Waals surface area contributed by atoms with Crippen molar-refractivity contribution in [3.05, 3.63) is 0 Å². The average Bonchev–Trinajstić information content (AvgIpc) is 1.71. The Balaban J connectivity index is 0. The second kappa shape index (κ2) is 5.76. The maximum Gasteiger partial charge on any atom is 1.00 e. The fourth-order valence-electron chi connectivity index (χ4n) is 4.29. The van der Waals surface area contributed by atoms with Gasteiger partial charge in [0.2, 0.25) is 0 Å². The van der Waals surface area contributed by atoms with Crippen molar-refractivity contribution in [2.45, 2.75) is 58.9 Å². The van der Waals surface area contributed by atoms with Crippen LogP contribution >= 0.6 is 0 Å². The Morgan fingerprint density at radius 3 is 0.882 bits per heavy atom. The van der Waals surface area contributed by atoms with Crippen molar-refractivity contribution in [2.24, 2.45) is 0 Å². The minimum atomic E-state index is -2.26. The zero-order valence-corrected chi connectivity index (χ0v) is 19.3. The first kappa shape index (κ1) is 20.7. The molecule has 0 aliphatic heterocycles. The largest absolute Gasteiger partial charge is 1.00 e. The van der Waals surface area contributed by atoms with Gasteiger partial charge in [0.05, 0.1) is 6.63 Å². The molecule has 2 nitrogen and oxygen atoms in total. The van der Waals surface area contributed by atoms with E-state index in [9.17, 15) is 9.90 Å². The quantitative estimate of drug-likeness (QED) is 0.663. The molecule has 96 valence electrons. The van der Waals surface area contributed by atoms with Crippen LogP contribution in [-0.4, -0.2) is 35.0 Å². The number of carbonyl (C=O) groups is 1. The molecule has 0 radical (unpaired) electrons. The van der Waals surface area contributed by atoms with Gasteiger partial charge in [0, 0.05) is 28.4 Å². The van der Waals surface area contributed by atoms with E-state index in [1.807, 2.05) is 0 Å². The smallest absolute Gasteiger partial charge is 0.556 e. The molecule has 0 aliphatic carbocycles. The van der Waals surface area contributed by atoms with Crippen molar-refractivity contribution >= 4 is 35.0 Å². The van der Waals surface area contributed by atoms with Gasteiger partial charge in [-0.3, -0.25) is 0 Å². The fraction of sp³-hybridized carbons (Fsp3) is 0.900. The third-order valence-corrected chi connectivity index (χ3v) is 73.6. The van der Waals surface area contributed by atoms with Crippen molar-refractivity contribution in [2.75, 3.05) is 0 Å². The van der Waals surface area contributed by atoms with Gasteiger partial charge in [0.1, 0.15) is 0 Å². The van der Waals surface area contributed by atoms with E-state index in [1.165, 1.54) is 0 Å². The van der Waals surface area contributed by atoms with Crippen molar-refractivity contribution in [1.29, 1.82) is 0 Å². The van der Waals surface area contributed by atoms with E-state index in [1.54, 1.807) is 0 Å². The molecule has 0 amide bonds. The first-order chi connectivity index (χ1) is 6.69. The summed E-state index contributed by atoms with van der Waals surface area (Å²) in [6.45, 7) is 18.0. The summed E-state index contributed by atoms with van der Waals surface area (Å²) >= 11 is 0. The number of rotatable bonds is 4. The molecule has 0 atom stereocenters. The Labute approximate surface area is 132 Å². The molecule has 0 heterocycles. The summed E-state index contributed by atoms with van der Waals surface area (Å²) in [5.74, 6) is 0. The molecule has 0 fully saturated rings. The molecule has 0 rings (SSSR count). The fourth-order valence-corrected chi connectivity index (χ4v) is 99.4. The monoisotopic (exact) mass is 314 g/mol. The normalized spacial score (nSPS) is 14.2. The Hall–Kier alpha value is 1.34. The van der Waals surface area contributed by atoms with Crippen molar-refractivity contribution in [3.63, 3.8) is 0 Å². The molecule has 0 saturated carbocycles. The SMILES string of the molecule is C[Si](C)(C)[Si](C(=O)[O-])([Si](C)(C)C)[Si](C)(C)C.[Na+]. The summed E-state index contributed by atoms with van der Waals surface area (Å²) in [5, 5.41) is 12.0. The first-order valence-electron chi connectivity index (χ1n) is 5.91. The summed E-state index contributed by atoms with van der Waals surface area (Å²) in [7, 11) is -5.01. The van der Waals surface area contributed by atoms with Crippen LogP contribution in [0.2, 0.25) is 58.9 Å². The number of hydrogen-bond acceptors (Lipinski definition) is 2. The average molecular weight is 315 g/mol. The Morgan fingerprint density at radius 1 is 0.706 bits per heavy atom. The summed E-state index contributed by atoms with van der Waals surface area (Å²) < 4.78 is 0. The van der Waals surface area contributed by atoms with Gasteiger partial charge in [-0.15, -0.1) is 0 Å². The van der Waals surface area contributed by atoms with Gasteiger partial charge < -0.3 is 9.90 Å². The standard InChI is InChI=1S/C10H28O2Si4.Na/c1-13(2,3)16(10(11)12,14(4,5)6)15(7,8)9;/h1-9H3,(H,11,12);/q;+1/p-1. The molecule has 0 N–H and O–H groups in total. The van der Waals surface area contributed by atoms with Crippen LogP contribution in [0.5, 0.6) is 0 Å². The van der Waals surface area contributed by atoms with Crippen LogP contribution in [0.25, 0.3) is 0 Å². The van der Waals surface area contributed by atoms with Gasteiger partial charge in [0.15, 0.2) is 0 Å². The molecular formula is C10H27NaO2Si4. The first-order valence-corrected chi connectivity index (χ1v) is 21.4. The predicted octanol–water partition coefficient (Wildman–Crippen LogP) is -0.386. The van der Waals surface area contributed by atoms with Crippen molar-refractivity contribution < 1.29 is 39.5 Å². The van der Waals surface area contributed by atoms with E-state index < -0.39 is 35.0 Å². The van der Waals surface area contributed by atoms with Gasteiger partial charge >= 0.3 is 29.6 Å². The van der Waals surface area contributed by atoms with Crippen LogP contribution in [0.1, 0.15) is 0 Å². The number of hydrogen-bond donors (Lipinski definition) is 0. The van der Waals surface area contributed by atoms with Gasteiger partial charge in [0.25, 0.3) is 0 Å². The summed E-state index contributed by atoms with van der Waals surface area (Å²) in [6, 6.07) is 0. The van der Waals surface area contributed by atoms with E-state index in [0.717, 1.165) is 0 Å². The Kier molecular flexibility index (Phi) is 7.00. The number of carbonyl (C=O) groups excluding carboxylic acids is 1. The van der Waals surface area contributed by atoms with E-state index in [2.05, 4.69) is 58.9 Å². The van der Waals surface area contributed by atoms with Crippen molar-refractivity contribution in [1.82, 2.24) is 0 Å². The summed E-state index contributed by atoms with van der Waals surface area (Å²) in [6.07, 6.45) is 0. The maximum atomic E-state index is 12.0. The minimum absolute atomic E-state index is 0. The molecule has 0 bridgehead atoms. The third kappa shape index (κ3) is 3.46. The second-order valence-corrected chi connectivity index (χ2v) is 47.9. The topological polar surface area (TPSA) is 40.1 Å². The summed E-state index contributed by atoms with van der Waals surface area (Å²) in [4.78, 5) is 12.0. The van der Waals surface area contributed by atoms with Crippen molar-refractivity contribution in [3.8, 4) is 0 Å². The molecule has 0 unspecified atom stereocenters. The van der Waals surface area contributed by atoms with Crippen LogP contribution in [0.15, 0.2) is 0 Å². The zero-order valence-electron chi connectivity index (χ0n) is 13.3. The molecule has 0 aromatic heterocycles. The Morgan fingerprint density at radius 2 is 0.882 bits per heavy atom. The van der Waals surface area contributed by atoms with Gasteiger partial charge in [-0.05, 0) is 0 Å². The molecule has 0 saturated heterocycles. The molecule has 0 aromatic rings. The van der Waals surface area contributed by atoms with E-state index in [0.29, 0.717) is 0 Å². The van der Waals surface area contributed by atoms with Gasteiger partial charge in [-0.25, -0.2) is 0 Å². The van der Waals surface area contributed by atoms with E-state index >= 15 is 0 Å².